The smallest absolute Gasteiger partial charge is 0.326 e. The van der Waals surface area contributed by atoms with E-state index in [2.05, 4.69) is 89.1 Å². The van der Waals surface area contributed by atoms with Crippen molar-refractivity contribution >= 4 is 107 Å². The van der Waals surface area contributed by atoms with Gasteiger partial charge in [-0.2, -0.15) is 0 Å². The van der Waals surface area contributed by atoms with Gasteiger partial charge in [-0.25, -0.2) is 4.79 Å². The summed E-state index contributed by atoms with van der Waals surface area (Å²) in [6.45, 7) is -3.78. The SMILES string of the molecule is C[C@@H](O)[C@H](NC(=O)[C@H](CO)NC(=O)[C@H](CO)NC(=O)[C@@H](N)CCCCN)C(=O)N[C@@H](CCCN=C(N)N)C(=O)NCC(=O)N[C@@H](CCCN=C(N)N)C(=O)N[C@@H](CCCCN)C(=O)N[C@@H](CO)C(=O)N[C@@H](CO)C(=O)N[C@@H](CCCN=C(N)N)C(=O)N[C@@H](CCCN=C(N)N)C(=O)N[C@@H](CCCCN)C(=O)N[C@@H](CCCCN)C(=O)O. The van der Waals surface area contributed by atoms with Crippen molar-refractivity contribution in [1.82, 2.24) is 69.1 Å². The zero-order valence-corrected chi connectivity index (χ0v) is 65.6. The van der Waals surface area contributed by atoms with Crippen LogP contribution in [0.1, 0.15) is 135 Å². The average molecular weight is 1660 g/mol. The Morgan fingerprint density at radius 3 is 0.810 bits per heavy atom. The third-order valence-corrected chi connectivity index (χ3v) is 17.1. The number of aliphatic imine (C=N–C) groups is 4. The van der Waals surface area contributed by atoms with Gasteiger partial charge in [0.2, 0.25) is 76.8 Å². The van der Waals surface area contributed by atoms with Crippen molar-refractivity contribution in [2.45, 2.75) is 220 Å². The lowest BCUT2D eigenvalue weighted by Crippen LogP contribution is -2.62. The molecule has 0 spiro atoms. The molecular weight excluding hydrogens is 1530 g/mol. The van der Waals surface area contributed by atoms with Crippen LogP contribution in [-0.4, -0.2) is 307 Å². The fraction of sp³-hybridized carbons (Fsp3) is 0.727. The number of guanidine groups is 4. The largest absolute Gasteiger partial charge is 0.480 e. The summed E-state index contributed by atoms with van der Waals surface area (Å²) in [6.07, 6.45) is 0.151. The second-order valence-electron chi connectivity index (χ2n) is 26.8. The molecule has 14 atom stereocenters. The molecule has 0 radical (unpaired) electrons. The van der Waals surface area contributed by atoms with Crippen LogP contribution in [0.15, 0.2) is 20.0 Å². The van der Waals surface area contributed by atoms with E-state index in [1.54, 1.807) is 0 Å². The summed E-state index contributed by atoms with van der Waals surface area (Å²) >= 11 is 0. The molecule has 0 aliphatic carbocycles. The summed E-state index contributed by atoms with van der Waals surface area (Å²) in [4.78, 5) is 207. The zero-order valence-electron chi connectivity index (χ0n) is 65.6. The number of carbonyl (C=O) groups is 14. The number of hydrogen-bond donors (Lipinski definition) is 32. The molecule has 50 nitrogen and oxygen atoms in total. The highest BCUT2D eigenvalue weighted by Crippen LogP contribution is 2.12. The molecule has 0 saturated heterocycles. The molecule has 13 amide bonds. The highest BCUT2D eigenvalue weighted by Gasteiger charge is 2.38. The first-order valence-corrected chi connectivity index (χ1v) is 38.0. The van der Waals surface area contributed by atoms with E-state index < -0.39 is 200 Å². The molecule has 0 aliphatic heterocycles. The van der Waals surface area contributed by atoms with Crippen LogP contribution in [0, 0.1) is 0 Å². The second kappa shape index (κ2) is 60.8. The van der Waals surface area contributed by atoms with Gasteiger partial charge in [-0.15, -0.1) is 0 Å². The molecule has 50 heteroatoms. The van der Waals surface area contributed by atoms with E-state index >= 15 is 0 Å². The minimum Gasteiger partial charge on any atom is -0.480 e. The van der Waals surface area contributed by atoms with Gasteiger partial charge in [-0.3, -0.25) is 82.3 Å². The predicted octanol–water partition coefficient (Wildman–Crippen LogP) is -15.6. The summed E-state index contributed by atoms with van der Waals surface area (Å²) in [5.41, 5.74) is 72.4. The minimum atomic E-state index is -1.95. The summed E-state index contributed by atoms with van der Waals surface area (Å²) in [5.74, 6) is -16.8. The van der Waals surface area contributed by atoms with Gasteiger partial charge >= 0.3 is 5.97 Å². The lowest BCUT2D eigenvalue weighted by molar-refractivity contribution is -0.142. The van der Waals surface area contributed by atoms with Crippen molar-refractivity contribution in [3.05, 3.63) is 0 Å². The number of aliphatic hydroxyl groups excluding tert-OH is 5. The van der Waals surface area contributed by atoms with E-state index in [9.17, 15) is 97.8 Å². The number of unbranched alkanes of at least 4 members (excludes halogenated alkanes) is 4. The van der Waals surface area contributed by atoms with E-state index in [1.807, 2.05) is 0 Å². The third-order valence-electron chi connectivity index (χ3n) is 17.1. The van der Waals surface area contributed by atoms with E-state index in [-0.39, 0.29) is 160 Å². The Morgan fingerprint density at radius 1 is 0.293 bits per heavy atom. The van der Waals surface area contributed by atoms with Gasteiger partial charge in [0.05, 0.1) is 45.1 Å². The molecule has 0 aromatic rings. The number of carboxylic acids is 1. The third kappa shape index (κ3) is 45.4. The Balaban J connectivity index is 7.01. The van der Waals surface area contributed by atoms with Crippen molar-refractivity contribution in [1.29, 1.82) is 0 Å². The van der Waals surface area contributed by atoms with Gasteiger partial charge in [-0.1, -0.05) is 6.42 Å². The molecule has 0 fully saturated rings. The molecule has 0 aromatic heterocycles. The Morgan fingerprint density at radius 2 is 0.526 bits per heavy atom. The maximum Gasteiger partial charge on any atom is 0.326 e. The number of aliphatic hydroxyl groups is 5. The van der Waals surface area contributed by atoms with E-state index in [0.29, 0.717) is 45.1 Å². The first-order chi connectivity index (χ1) is 55.0. The number of nitrogens with two attached hydrogens (primary N) is 13. The van der Waals surface area contributed by atoms with Gasteiger partial charge in [0.25, 0.3) is 0 Å². The van der Waals surface area contributed by atoms with Gasteiger partial charge in [0.1, 0.15) is 72.5 Å². The van der Waals surface area contributed by atoms with Crippen LogP contribution in [0.25, 0.3) is 0 Å². The quantitative estimate of drug-likeness (QED) is 0.0153. The highest BCUT2D eigenvalue weighted by molar-refractivity contribution is 6.00. The van der Waals surface area contributed by atoms with E-state index in [0.717, 1.165) is 6.92 Å². The minimum absolute atomic E-state index is 0.0148. The van der Waals surface area contributed by atoms with Crippen molar-refractivity contribution in [3.63, 3.8) is 0 Å². The van der Waals surface area contributed by atoms with Crippen LogP contribution in [0.5, 0.6) is 0 Å². The number of hydrogen-bond acceptors (Lipinski definition) is 28. The molecule has 45 N–H and O–H groups in total. The molecule has 0 aliphatic rings. The Kier molecular flexibility index (Phi) is 55.1. The maximum absolute atomic E-state index is 14.4. The van der Waals surface area contributed by atoms with Crippen LogP contribution >= 0.6 is 0 Å². The van der Waals surface area contributed by atoms with Crippen LogP contribution in [-0.2, 0) is 67.1 Å². The molecule has 0 heterocycles. The molecule has 0 unspecified atom stereocenters. The first kappa shape index (κ1) is 105. The van der Waals surface area contributed by atoms with Crippen LogP contribution in [0.2, 0.25) is 0 Å². The topological polar surface area (TPSA) is 904 Å². The van der Waals surface area contributed by atoms with Crippen molar-refractivity contribution in [2.75, 3.05) is 85.3 Å². The Hall–Kier alpha value is -10.7. The molecule has 662 valence electrons. The standard InChI is InChI=1S/C66H128N30O20/c1-35(101)49(96-60(113)47(34-100)95-58(111)44(31-97)92-50(103)36(71)14-2-6-22-67)61(114)90-37(18-10-26-80-63(72)73)51(104)84-30-48(102)85-38(19-11-27-81-64(74)75)52(105)86-40(16-4-8-24-69)56(109)93-46(33-99)59(112)94-45(32-98)57(110)89-42(21-13-29-83-66(78)79)54(107)88-41(20-12-28-82-65(76)77)53(106)87-39(15-3-7-23-68)55(108)91-43(62(115)116)17-5-9-25-70/h35-47,49,97-101H,2-34,67-71H2,1H3,(H,84,104)(H,85,102)(H,86,105)(H,87,106)(H,88,107)(H,89,110)(H,90,114)(H,91,108)(H,92,103)(H,93,109)(H,94,112)(H,95,111)(H,96,113)(H,115,116)(H4,72,73,80)(H4,74,75,81)(H4,76,77,82)(H4,78,79,83)/t35-,36+,37+,38+,39+,40+,41+,42+,43+,44+,45+,46+,47+,49+/m1/s1. The number of nitrogens with one attached hydrogen (secondary N) is 13. The first-order valence-electron chi connectivity index (χ1n) is 38.0. The number of aliphatic carboxylic acids is 1. The van der Waals surface area contributed by atoms with Gasteiger partial charge in [-0.05, 0) is 155 Å². The normalized spacial score (nSPS) is 14.6. The van der Waals surface area contributed by atoms with Crippen molar-refractivity contribution in [2.24, 2.45) is 94.5 Å². The van der Waals surface area contributed by atoms with Crippen molar-refractivity contribution in [3.8, 4) is 0 Å². The summed E-state index contributed by atoms with van der Waals surface area (Å²) in [5, 5.41) is 92.3. The maximum atomic E-state index is 14.4. The molecule has 0 bridgehead atoms. The summed E-state index contributed by atoms with van der Waals surface area (Å²) in [7, 11) is 0. The Labute approximate surface area is 671 Å². The van der Waals surface area contributed by atoms with Gasteiger partial charge < -0.3 is 174 Å². The fourth-order valence-electron chi connectivity index (χ4n) is 10.7. The molecule has 0 aromatic carbocycles. The van der Waals surface area contributed by atoms with Gasteiger partial charge in [0.15, 0.2) is 23.8 Å². The zero-order chi connectivity index (χ0) is 87.8. The molecule has 0 rings (SSSR count). The fourth-order valence-corrected chi connectivity index (χ4v) is 10.7. The van der Waals surface area contributed by atoms with Crippen LogP contribution in [0.4, 0.5) is 0 Å². The molecular formula is C66H128N30O20. The Bertz CT molecular complexity index is 3200. The number of carbonyl (C=O) groups excluding carboxylic acids is 13. The van der Waals surface area contributed by atoms with Crippen LogP contribution < -0.4 is 144 Å². The lowest BCUT2D eigenvalue weighted by Gasteiger charge is -2.27. The summed E-state index contributed by atoms with van der Waals surface area (Å²) in [6, 6.07) is -21.1. The number of rotatable bonds is 64. The molecule has 0 saturated carbocycles. The second-order valence-corrected chi connectivity index (χ2v) is 26.8. The monoisotopic (exact) mass is 1660 g/mol. The van der Waals surface area contributed by atoms with Gasteiger partial charge in [0, 0.05) is 26.2 Å². The van der Waals surface area contributed by atoms with Crippen LogP contribution in [0.3, 0.4) is 0 Å². The lowest BCUT2D eigenvalue weighted by atomic mass is 10.0. The van der Waals surface area contributed by atoms with Crippen molar-refractivity contribution < 1.29 is 97.8 Å². The average Bonchev–Trinajstić information content (AvgIpc) is 0.851. The highest BCUT2D eigenvalue weighted by atomic mass is 16.4. The predicted molar refractivity (Wildman–Crippen MR) is 423 cm³/mol. The number of nitrogens with zero attached hydrogens (tertiary/aromatic N) is 4. The molecule has 116 heavy (non-hydrogen) atoms. The van der Waals surface area contributed by atoms with E-state index in [1.165, 1.54) is 0 Å². The summed E-state index contributed by atoms with van der Waals surface area (Å²) < 4.78 is 0. The number of amides is 13. The number of carboxylic acid groups (broad SMARTS) is 1. The van der Waals surface area contributed by atoms with E-state index in [4.69, 9.17) is 74.5 Å².